The lowest BCUT2D eigenvalue weighted by Crippen LogP contribution is -2.00. The fourth-order valence-electron chi connectivity index (χ4n) is 1.47. The third kappa shape index (κ3) is 1.28. The van der Waals surface area contributed by atoms with E-state index in [2.05, 4.69) is 20.9 Å². The van der Waals surface area contributed by atoms with Gasteiger partial charge in [-0.15, -0.1) is 0 Å². The summed E-state index contributed by atoms with van der Waals surface area (Å²) in [6, 6.07) is 3.07. The van der Waals surface area contributed by atoms with Gasteiger partial charge in [0.1, 0.15) is 5.82 Å². The summed E-state index contributed by atoms with van der Waals surface area (Å²) in [6.45, 7) is 2.69. The number of imidazole rings is 1. The molecule has 0 spiro atoms. The summed E-state index contributed by atoms with van der Waals surface area (Å²) < 4.78 is 15.4. The Hall–Kier alpha value is -1.10. The summed E-state index contributed by atoms with van der Waals surface area (Å²) in [5.74, 6) is 0.0956. The standard InChI is InChI=1S/C9H9BrFN3/c1-2-14-8-3-5(10)6(11)4-7(8)13-9(14)12/h3-4H,2H2,1H3,(H2,12,13). The molecule has 0 atom stereocenters. The number of hydrogen-bond donors (Lipinski definition) is 1. The van der Waals surface area contributed by atoms with E-state index in [1.54, 1.807) is 6.07 Å². The first-order valence-electron chi connectivity index (χ1n) is 4.24. The zero-order valence-electron chi connectivity index (χ0n) is 7.59. The Labute approximate surface area is 88.9 Å². The zero-order valence-corrected chi connectivity index (χ0v) is 9.18. The van der Waals surface area contributed by atoms with Gasteiger partial charge in [0.25, 0.3) is 0 Å². The van der Waals surface area contributed by atoms with Crippen molar-refractivity contribution >= 4 is 32.9 Å². The van der Waals surface area contributed by atoms with Crippen LogP contribution in [0.25, 0.3) is 11.0 Å². The minimum Gasteiger partial charge on any atom is -0.369 e. The maximum atomic E-state index is 13.2. The molecule has 0 saturated carbocycles. The van der Waals surface area contributed by atoms with E-state index < -0.39 is 0 Å². The van der Waals surface area contributed by atoms with Gasteiger partial charge in [0.05, 0.1) is 15.5 Å². The molecule has 74 valence electrons. The second kappa shape index (κ2) is 3.24. The van der Waals surface area contributed by atoms with E-state index in [0.29, 0.717) is 15.9 Å². The first kappa shape index (κ1) is 9.45. The summed E-state index contributed by atoms with van der Waals surface area (Å²) >= 11 is 3.13. The predicted octanol–water partition coefficient (Wildman–Crippen LogP) is 2.54. The zero-order chi connectivity index (χ0) is 10.3. The number of halogens is 2. The van der Waals surface area contributed by atoms with Crippen molar-refractivity contribution in [3.8, 4) is 0 Å². The Morgan fingerprint density at radius 1 is 1.57 bits per heavy atom. The third-order valence-corrected chi connectivity index (χ3v) is 2.74. The van der Waals surface area contributed by atoms with Crippen molar-refractivity contribution in [2.75, 3.05) is 5.73 Å². The summed E-state index contributed by atoms with van der Waals surface area (Å²) in [7, 11) is 0. The normalized spacial score (nSPS) is 11.1. The fourth-order valence-corrected chi connectivity index (χ4v) is 1.80. The van der Waals surface area contributed by atoms with Crippen molar-refractivity contribution in [2.24, 2.45) is 0 Å². The summed E-state index contributed by atoms with van der Waals surface area (Å²) in [6.07, 6.45) is 0. The minimum atomic E-state index is -0.321. The molecule has 0 unspecified atom stereocenters. The Balaban J connectivity index is 2.82. The van der Waals surface area contributed by atoms with E-state index >= 15 is 0 Å². The van der Waals surface area contributed by atoms with Gasteiger partial charge in [0.15, 0.2) is 0 Å². The number of benzene rings is 1. The predicted molar refractivity (Wildman–Crippen MR) is 57.5 cm³/mol. The topological polar surface area (TPSA) is 43.8 Å². The first-order valence-corrected chi connectivity index (χ1v) is 5.03. The second-order valence-electron chi connectivity index (χ2n) is 2.97. The lowest BCUT2D eigenvalue weighted by molar-refractivity contribution is 0.622. The van der Waals surface area contributed by atoms with Crippen molar-refractivity contribution < 1.29 is 4.39 Å². The van der Waals surface area contributed by atoms with Gasteiger partial charge in [-0.3, -0.25) is 0 Å². The minimum absolute atomic E-state index is 0.321. The van der Waals surface area contributed by atoms with E-state index in [0.717, 1.165) is 12.1 Å². The van der Waals surface area contributed by atoms with Gasteiger partial charge in [-0.1, -0.05) is 0 Å². The average molecular weight is 258 g/mol. The first-order chi connectivity index (χ1) is 6.63. The van der Waals surface area contributed by atoms with Crippen molar-refractivity contribution in [2.45, 2.75) is 13.5 Å². The highest BCUT2D eigenvalue weighted by atomic mass is 79.9. The van der Waals surface area contributed by atoms with Gasteiger partial charge in [-0.2, -0.15) is 0 Å². The van der Waals surface area contributed by atoms with E-state index in [9.17, 15) is 4.39 Å². The van der Waals surface area contributed by atoms with E-state index in [1.807, 2.05) is 11.5 Å². The highest BCUT2D eigenvalue weighted by Gasteiger charge is 2.09. The van der Waals surface area contributed by atoms with Gasteiger partial charge >= 0.3 is 0 Å². The lowest BCUT2D eigenvalue weighted by Gasteiger charge is -2.01. The second-order valence-corrected chi connectivity index (χ2v) is 3.82. The number of aromatic nitrogens is 2. The number of nitrogens with two attached hydrogens (primary N) is 1. The molecule has 0 bridgehead atoms. The molecule has 1 heterocycles. The SMILES string of the molecule is CCn1c(N)nc2cc(F)c(Br)cc21. The number of anilines is 1. The molecular weight excluding hydrogens is 249 g/mol. The van der Waals surface area contributed by atoms with Crippen LogP contribution in [0.1, 0.15) is 6.92 Å². The van der Waals surface area contributed by atoms with Crippen LogP contribution in [0.4, 0.5) is 10.3 Å². The third-order valence-electron chi connectivity index (χ3n) is 2.14. The van der Waals surface area contributed by atoms with Crippen molar-refractivity contribution in [3.05, 3.63) is 22.4 Å². The van der Waals surface area contributed by atoms with Crippen LogP contribution in [0.15, 0.2) is 16.6 Å². The molecule has 0 radical (unpaired) electrons. The molecule has 0 aliphatic carbocycles. The number of aryl methyl sites for hydroxylation is 1. The van der Waals surface area contributed by atoms with Gasteiger partial charge in [-0.25, -0.2) is 9.37 Å². The molecule has 2 rings (SSSR count). The Bertz CT molecular complexity index is 492. The van der Waals surface area contributed by atoms with Gasteiger partial charge < -0.3 is 10.3 Å². The molecule has 2 N–H and O–H groups in total. The van der Waals surface area contributed by atoms with Gasteiger partial charge in [0.2, 0.25) is 5.95 Å². The average Bonchev–Trinajstić information content (AvgIpc) is 2.42. The number of fused-ring (bicyclic) bond motifs is 1. The Kier molecular flexibility index (Phi) is 2.19. The quantitative estimate of drug-likeness (QED) is 0.854. The number of rotatable bonds is 1. The number of nitrogen functional groups attached to an aromatic ring is 1. The highest BCUT2D eigenvalue weighted by Crippen LogP contribution is 2.24. The van der Waals surface area contributed by atoms with Crippen LogP contribution in [0.3, 0.4) is 0 Å². The molecule has 0 amide bonds. The van der Waals surface area contributed by atoms with Crippen LogP contribution in [-0.4, -0.2) is 9.55 Å². The van der Waals surface area contributed by atoms with Crippen LogP contribution in [-0.2, 0) is 6.54 Å². The molecule has 14 heavy (non-hydrogen) atoms. The smallest absolute Gasteiger partial charge is 0.201 e. The molecule has 0 saturated heterocycles. The van der Waals surface area contributed by atoms with Crippen LogP contribution in [0, 0.1) is 5.82 Å². The molecule has 3 nitrogen and oxygen atoms in total. The summed E-state index contributed by atoms with van der Waals surface area (Å²) in [5.41, 5.74) is 7.11. The van der Waals surface area contributed by atoms with Gasteiger partial charge in [0, 0.05) is 12.6 Å². The monoisotopic (exact) mass is 257 g/mol. The van der Waals surface area contributed by atoms with Crippen LogP contribution in [0.5, 0.6) is 0 Å². The van der Waals surface area contributed by atoms with Crippen molar-refractivity contribution in [1.82, 2.24) is 9.55 Å². The molecule has 0 aliphatic heterocycles. The molecular formula is C9H9BrFN3. The molecule has 1 aromatic carbocycles. The Morgan fingerprint density at radius 3 is 2.93 bits per heavy atom. The van der Waals surface area contributed by atoms with Crippen LogP contribution >= 0.6 is 15.9 Å². The number of hydrogen-bond acceptors (Lipinski definition) is 2. The molecule has 1 aromatic heterocycles. The van der Waals surface area contributed by atoms with E-state index in [4.69, 9.17) is 5.73 Å². The largest absolute Gasteiger partial charge is 0.369 e. The molecule has 0 fully saturated rings. The summed E-state index contributed by atoms with van der Waals surface area (Å²) in [4.78, 5) is 4.07. The molecule has 0 aliphatic rings. The maximum Gasteiger partial charge on any atom is 0.201 e. The van der Waals surface area contributed by atoms with Crippen LogP contribution < -0.4 is 5.73 Å². The lowest BCUT2D eigenvalue weighted by atomic mass is 10.3. The van der Waals surface area contributed by atoms with E-state index in [-0.39, 0.29) is 5.82 Å². The van der Waals surface area contributed by atoms with Gasteiger partial charge in [-0.05, 0) is 28.9 Å². The molecule has 5 heteroatoms. The van der Waals surface area contributed by atoms with Crippen LogP contribution in [0.2, 0.25) is 0 Å². The highest BCUT2D eigenvalue weighted by molar-refractivity contribution is 9.10. The fraction of sp³-hybridized carbons (Fsp3) is 0.222. The van der Waals surface area contributed by atoms with Crippen molar-refractivity contribution in [3.63, 3.8) is 0 Å². The Morgan fingerprint density at radius 2 is 2.29 bits per heavy atom. The maximum absolute atomic E-state index is 13.2. The summed E-state index contributed by atoms with van der Waals surface area (Å²) in [5, 5.41) is 0. The molecule has 2 aromatic rings. The number of nitrogens with zero attached hydrogens (tertiary/aromatic N) is 2. The van der Waals surface area contributed by atoms with E-state index in [1.165, 1.54) is 6.07 Å². The van der Waals surface area contributed by atoms with Crippen molar-refractivity contribution in [1.29, 1.82) is 0 Å².